The lowest BCUT2D eigenvalue weighted by Crippen LogP contribution is -2.46. The molecule has 3 rings (SSSR count). The first-order valence-electron chi connectivity index (χ1n) is 7.98. The van der Waals surface area contributed by atoms with Gasteiger partial charge in [-0.3, -0.25) is 14.4 Å². The van der Waals surface area contributed by atoms with Crippen LogP contribution in [0.3, 0.4) is 0 Å². The monoisotopic (exact) mass is 364 g/mol. The SMILES string of the molecule is O=C(O)CCC(=O)C1=C(O)c2cc(Cl)ccc2C2(CCOCC2)C1=O. The highest BCUT2D eigenvalue weighted by Crippen LogP contribution is 2.46. The van der Waals surface area contributed by atoms with Crippen molar-refractivity contribution in [2.24, 2.45) is 0 Å². The molecule has 0 bridgehead atoms. The molecule has 1 aromatic carbocycles. The van der Waals surface area contributed by atoms with Crippen LogP contribution >= 0.6 is 11.6 Å². The largest absolute Gasteiger partial charge is 0.506 e. The summed E-state index contributed by atoms with van der Waals surface area (Å²) in [6, 6.07) is 4.88. The summed E-state index contributed by atoms with van der Waals surface area (Å²) in [5, 5.41) is 19.7. The van der Waals surface area contributed by atoms with Crippen LogP contribution < -0.4 is 0 Å². The van der Waals surface area contributed by atoms with Gasteiger partial charge in [0, 0.05) is 30.2 Å². The summed E-state index contributed by atoms with van der Waals surface area (Å²) in [4.78, 5) is 36.4. The van der Waals surface area contributed by atoms with Gasteiger partial charge >= 0.3 is 5.97 Å². The molecule has 7 heteroatoms. The fraction of sp³-hybridized carbons (Fsp3) is 0.389. The molecule has 1 heterocycles. The quantitative estimate of drug-likeness (QED) is 0.796. The van der Waals surface area contributed by atoms with Gasteiger partial charge in [-0.25, -0.2) is 0 Å². The van der Waals surface area contributed by atoms with Gasteiger partial charge in [-0.05, 0) is 30.5 Å². The normalized spacial score (nSPS) is 19.0. The highest BCUT2D eigenvalue weighted by molar-refractivity contribution is 6.32. The van der Waals surface area contributed by atoms with Crippen molar-refractivity contribution in [2.75, 3.05) is 13.2 Å². The molecule has 0 saturated carbocycles. The molecule has 132 valence electrons. The van der Waals surface area contributed by atoms with Crippen molar-refractivity contribution in [1.29, 1.82) is 0 Å². The Morgan fingerprint density at radius 3 is 2.52 bits per heavy atom. The van der Waals surface area contributed by atoms with Crippen LogP contribution in [0, 0.1) is 0 Å². The zero-order valence-electron chi connectivity index (χ0n) is 13.4. The zero-order chi connectivity index (χ0) is 18.2. The molecule has 1 aromatic rings. The van der Waals surface area contributed by atoms with Crippen molar-refractivity contribution < 1.29 is 29.3 Å². The van der Waals surface area contributed by atoms with E-state index in [1.807, 2.05) is 0 Å². The summed E-state index contributed by atoms with van der Waals surface area (Å²) < 4.78 is 5.37. The van der Waals surface area contributed by atoms with E-state index in [1.54, 1.807) is 12.1 Å². The molecule has 6 nitrogen and oxygen atoms in total. The molecule has 1 fully saturated rings. The van der Waals surface area contributed by atoms with Crippen LogP contribution in [0.5, 0.6) is 0 Å². The molecule has 1 spiro atoms. The van der Waals surface area contributed by atoms with Gasteiger partial charge in [0.05, 0.1) is 11.8 Å². The van der Waals surface area contributed by atoms with E-state index in [-0.39, 0.29) is 12.0 Å². The Bertz CT molecular complexity index is 789. The number of carbonyl (C=O) groups is 3. The number of aliphatic carboxylic acids is 1. The molecule has 0 unspecified atom stereocenters. The molecule has 2 aliphatic rings. The molecule has 25 heavy (non-hydrogen) atoms. The Hall–Kier alpha value is -2.18. The van der Waals surface area contributed by atoms with Gasteiger partial charge in [-0.1, -0.05) is 17.7 Å². The van der Waals surface area contributed by atoms with E-state index in [2.05, 4.69) is 0 Å². The van der Waals surface area contributed by atoms with Crippen LogP contribution in [0.25, 0.3) is 5.76 Å². The standard InChI is InChI=1S/C18H17ClO6/c19-10-1-2-12-11(9-10)16(23)15(13(20)3-4-14(21)22)17(24)18(12)5-7-25-8-6-18/h1-2,9,23H,3-8H2,(H,21,22). The highest BCUT2D eigenvalue weighted by atomic mass is 35.5. The van der Waals surface area contributed by atoms with Crippen LogP contribution in [0.1, 0.15) is 36.8 Å². The number of carbonyl (C=O) groups excluding carboxylic acids is 2. The number of aliphatic hydroxyl groups is 1. The Morgan fingerprint density at radius 1 is 1.20 bits per heavy atom. The third-order valence-electron chi connectivity index (χ3n) is 4.84. The van der Waals surface area contributed by atoms with Gasteiger partial charge in [0.25, 0.3) is 0 Å². The molecule has 1 aliphatic carbocycles. The number of ether oxygens (including phenoxy) is 1. The van der Waals surface area contributed by atoms with Crippen molar-refractivity contribution in [3.63, 3.8) is 0 Å². The highest BCUT2D eigenvalue weighted by Gasteiger charge is 2.49. The summed E-state index contributed by atoms with van der Waals surface area (Å²) in [6.07, 6.45) is 0.0390. The van der Waals surface area contributed by atoms with E-state index in [0.717, 1.165) is 0 Å². The molecule has 0 atom stereocenters. The number of allylic oxidation sites excluding steroid dienone is 1. The molecule has 1 saturated heterocycles. The molecule has 2 N–H and O–H groups in total. The van der Waals surface area contributed by atoms with Crippen molar-refractivity contribution in [1.82, 2.24) is 0 Å². The van der Waals surface area contributed by atoms with E-state index in [4.69, 9.17) is 21.4 Å². The second kappa shape index (κ2) is 6.61. The van der Waals surface area contributed by atoms with Gasteiger partial charge in [0.1, 0.15) is 11.3 Å². The number of hydrogen-bond donors (Lipinski definition) is 2. The van der Waals surface area contributed by atoms with Gasteiger partial charge in [-0.2, -0.15) is 0 Å². The molecule has 0 amide bonds. The lowest BCUT2D eigenvalue weighted by molar-refractivity contribution is -0.138. The van der Waals surface area contributed by atoms with Gasteiger partial charge < -0.3 is 14.9 Å². The number of fused-ring (bicyclic) bond motifs is 2. The summed E-state index contributed by atoms with van der Waals surface area (Å²) in [6.45, 7) is 0.732. The second-order valence-corrected chi connectivity index (χ2v) is 6.69. The number of benzene rings is 1. The minimum atomic E-state index is -1.14. The van der Waals surface area contributed by atoms with Crippen LogP contribution in [0.2, 0.25) is 5.02 Å². The Labute approximate surface area is 149 Å². The van der Waals surface area contributed by atoms with Crippen molar-refractivity contribution in [3.8, 4) is 0 Å². The lowest BCUT2D eigenvalue weighted by atomic mass is 9.63. The van der Waals surface area contributed by atoms with E-state index in [9.17, 15) is 19.5 Å². The minimum Gasteiger partial charge on any atom is -0.506 e. The van der Waals surface area contributed by atoms with E-state index in [1.165, 1.54) is 6.07 Å². The Morgan fingerprint density at radius 2 is 1.88 bits per heavy atom. The van der Waals surface area contributed by atoms with Crippen LogP contribution in [0.15, 0.2) is 23.8 Å². The first-order valence-corrected chi connectivity index (χ1v) is 8.36. The predicted octanol–water partition coefficient (Wildman–Crippen LogP) is 2.67. The number of aliphatic hydroxyl groups excluding tert-OH is 1. The Balaban J connectivity index is 2.14. The smallest absolute Gasteiger partial charge is 0.303 e. The van der Waals surface area contributed by atoms with Crippen LogP contribution in [-0.2, 0) is 24.5 Å². The van der Waals surface area contributed by atoms with E-state index >= 15 is 0 Å². The second-order valence-electron chi connectivity index (χ2n) is 6.25. The third-order valence-corrected chi connectivity index (χ3v) is 5.08. The van der Waals surface area contributed by atoms with Crippen molar-refractivity contribution in [3.05, 3.63) is 39.9 Å². The number of carboxylic acid groups (broad SMARTS) is 1. The number of Topliss-reactive ketones (excluding diaryl/α,β-unsaturated/α-hetero) is 2. The lowest BCUT2D eigenvalue weighted by Gasteiger charge is -2.40. The summed E-state index contributed by atoms with van der Waals surface area (Å²) in [5.74, 6) is -2.68. The predicted molar refractivity (Wildman–Crippen MR) is 89.6 cm³/mol. The maximum Gasteiger partial charge on any atom is 0.303 e. The van der Waals surface area contributed by atoms with Crippen LogP contribution in [0.4, 0.5) is 0 Å². The maximum atomic E-state index is 13.2. The topological polar surface area (TPSA) is 101 Å². The molecule has 0 aromatic heterocycles. The summed E-state index contributed by atoms with van der Waals surface area (Å²) in [7, 11) is 0. The fourth-order valence-electron chi connectivity index (χ4n) is 3.55. The van der Waals surface area contributed by atoms with Gasteiger partial charge in [-0.15, -0.1) is 0 Å². The Kier molecular flexibility index (Phi) is 4.67. The molecule has 1 aliphatic heterocycles. The van der Waals surface area contributed by atoms with Gasteiger partial charge in [0.2, 0.25) is 0 Å². The van der Waals surface area contributed by atoms with E-state index < -0.39 is 35.1 Å². The molecule has 0 radical (unpaired) electrons. The maximum absolute atomic E-state index is 13.2. The van der Waals surface area contributed by atoms with Gasteiger partial charge in [0.15, 0.2) is 11.6 Å². The van der Waals surface area contributed by atoms with Crippen molar-refractivity contribution >= 4 is 34.9 Å². The number of halogens is 1. The average molecular weight is 365 g/mol. The first kappa shape index (κ1) is 17.6. The number of ketones is 2. The van der Waals surface area contributed by atoms with Crippen molar-refractivity contribution in [2.45, 2.75) is 31.1 Å². The number of rotatable bonds is 4. The third kappa shape index (κ3) is 2.96. The van der Waals surface area contributed by atoms with Crippen LogP contribution in [-0.4, -0.2) is 41.0 Å². The minimum absolute atomic E-state index is 0.321. The zero-order valence-corrected chi connectivity index (χ0v) is 14.1. The number of carboxylic acids is 1. The number of hydrogen-bond acceptors (Lipinski definition) is 5. The summed E-state index contributed by atoms with van der Waals surface area (Å²) >= 11 is 6.03. The fourth-order valence-corrected chi connectivity index (χ4v) is 3.73. The molecular formula is C18H17ClO6. The average Bonchev–Trinajstić information content (AvgIpc) is 2.59. The molecular weight excluding hydrogens is 348 g/mol. The first-order chi connectivity index (χ1) is 11.9. The summed E-state index contributed by atoms with van der Waals surface area (Å²) in [5.41, 5.74) is -0.276. The van der Waals surface area contributed by atoms with E-state index in [0.29, 0.717) is 42.2 Å².